The Hall–Kier alpha value is -2.01. The number of amides is 1. The monoisotopic (exact) mass is 416 g/mol. The van der Waals surface area contributed by atoms with Gasteiger partial charge in [0, 0.05) is 35.5 Å². The van der Waals surface area contributed by atoms with E-state index in [-0.39, 0.29) is 5.91 Å². The molecule has 2 heterocycles. The second kappa shape index (κ2) is 8.16. The van der Waals surface area contributed by atoms with Crippen LogP contribution in [0, 0.1) is 0 Å². The summed E-state index contributed by atoms with van der Waals surface area (Å²) in [5, 5.41) is 5.18. The van der Waals surface area contributed by atoms with E-state index in [1.54, 1.807) is 6.07 Å². The van der Waals surface area contributed by atoms with Crippen molar-refractivity contribution in [2.24, 2.45) is 0 Å². The van der Waals surface area contributed by atoms with Gasteiger partial charge in [0.05, 0.1) is 11.6 Å². The fourth-order valence-electron chi connectivity index (χ4n) is 3.76. The van der Waals surface area contributed by atoms with Crippen molar-refractivity contribution in [1.82, 2.24) is 10.2 Å². The van der Waals surface area contributed by atoms with Gasteiger partial charge in [-0.3, -0.25) is 4.79 Å². The highest BCUT2D eigenvalue weighted by molar-refractivity contribution is 6.39. The molecule has 4 nitrogen and oxygen atoms in total. The Balaban J connectivity index is 1.54. The predicted octanol–water partition coefficient (Wildman–Crippen LogP) is 4.98. The zero-order valence-corrected chi connectivity index (χ0v) is 17.2. The highest BCUT2D eigenvalue weighted by Gasteiger charge is 2.25. The summed E-state index contributed by atoms with van der Waals surface area (Å²) >= 11 is 12.8. The maximum Gasteiger partial charge on any atom is 0.220 e. The summed E-state index contributed by atoms with van der Waals surface area (Å²) in [4.78, 5) is 14.6. The highest BCUT2D eigenvalue weighted by atomic mass is 35.5. The van der Waals surface area contributed by atoms with Gasteiger partial charge in [-0.15, -0.1) is 0 Å². The van der Waals surface area contributed by atoms with Gasteiger partial charge in [-0.25, -0.2) is 0 Å². The number of carbonyl (C=O) groups is 1. The molecular formula is C22H22Cl2N2O2. The van der Waals surface area contributed by atoms with Crippen molar-refractivity contribution in [2.45, 2.75) is 32.4 Å². The van der Waals surface area contributed by atoms with Crippen LogP contribution in [0.3, 0.4) is 0 Å². The van der Waals surface area contributed by atoms with Crippen LogP contribution in [0.25, 0.3) is 11.0 Å². The van der Waals surface area contributed by atoms with Crippen LogP contribution in [0.1, 0.15) is 28.9 Å². The van der Waals surface area contributed by atoms with Gasteiger partial charge in [0.1, 0.15) is 5.76 Å². The van der Waals surface area contributed by atoms with E-state index in [1.807, 2.05) is 30.3 Å². The molecule has 1 N–H and O–H groups in total. The molecule has 146 valence electrons. The molecule has 2 aromatic carbocycles. The molecule has 3 aromatic rings. The zero-order chi connectivity index (χ0) is 19.7. The maximum absolute atomic E-state index is 12.3. The molecule has 28 heavy (non-hydrogen) atoms. The fraction of sp³-hybridized carbons (Fsp3) is 0.318. The van der Waals surface area contributed by atoms with Crippen LogP contribution in [0.4, 0.5) is 0 Å². The van der Waals surface area contributed by atoms with Gasteiger partial charge in [-0.2, -0.15) is 0 Å². The lowest BCUT2D eigenvalue weighted by Gasteiger charge is -2.14. The first-order valence-corrected chi connectivity index (χ1v) is 10.2. The fourth-order valence-corrected chi connectivity index (χ4v) is 4.35. The van der Waals surface area contributed by atoms with Crippen LogP contribution in [-0.2, 0) is 30.7 Å². The molecule has 0 radical (unpaired) electrons. The minimum atomic E-state index is 0.00263. The summed E-state index contributed by atoms with van der Waals surface area (Å²) in [6.07, 6.45) is 2.00. The van der Waals surface area contributed by atoms with Crippen molar-refractivity contribution >= 4 is 40.1 Å². The smallest absolute Gasteiger partial charge is 0.220 e. The summed E-state index contributed by atoms with van der Waals surface area (Å²) in [6, 6.07) is 11.8. The third-order valence-electron chi connectivity index (χ3n) is 5.25. The van der Waals surface area contributed by atoms with Crippen LogP contribution in [0.5, 0.6) is 0 Å². The number of halogens is 2. The van der Waals surface area contributed by atoms with E-state index in [1.165, 1.54) is 0 Å². The van der Waals surface area contributed by atoms with E-state index < -0.39 is 0 Å². The third kappa shape index (κ3) is 3.90. The minimum absolute atomic E-state index is 0.00263. The van der Waals surface area contributed by atoms with Crippen molar-refractivity contribution in [3.63, 3.8) is 0 Å². The van der Waals surface area contributed by atoms with E-state index in [2.05, 4.69) is 17.3 Å². The van der Waals surface area contributed by atoms with E-state index in [0.29, 0.717) is 35.0 Å². The van der Waals surface area contributed by atoms with E-state index in [9.17, 15) is 4.79 Å². The van der Waals surface area contributed by atoms with Gasteiger partial charge >= 0.3 is 0 Å². The molecule has 1 amide bonds. The molecule has 0 aliphatic carbocycles. The molecule has 0 atom stereocenters. The standard InChI is InChI=1S/C22H22Cl2N2O2/c1-26-10-9-15-17(23)11-18(24)22-21(15)16(13-26)19(28-22)12-25-20(27)8-7-14-5-3-2-4-6-14/h2-6,11H,7-10,12-13H2,1H3,(H,25,27). The largest absolute Gasteiger partial charge is 0.457 e. The van der Waals surface area contributed by atoms with E-state index in [0.717, 1.165) is 47.3 Å². The van der Waals surface area contributed by atoms with Gasteiger partial charge in [0.25, 0.3) is 0 Å². The van der Waals surface area contributed by atoms with Crippen LogP contribution in [-0.4, -0.2) is 24.4 Å². The number of hydrogen-bond donors (Lipinski definition) is 1. The molecule has 0 fully saturated rings. The van der Waals surface area contributed by atoms with Gasteiger partial charge in [0.2, 0.25) is 5.91 Å². The molecule has 1 aromatic heterocycles. The van der Waals surface area contributed by atoms with Gasteiger partial charge in [-0.1, -0.05) is 53.5 Å². The third-order valence-corrected chi connectivity index (χ3v) is 5.87. The summed E-state index contributed by atoms with van der Waals surface area (Å²) in [5.41, 5.74) is 3.96. The van der Waals surface area contributed by atoms with Crippen molar-refractivity contribution in [1.29, 1.82) is 0 Å². The van der Waals surface area contributed by atoms with Crippen molar-refractivity contribution < 1.29 is 9.21 Å². The molecule has 1 aliphatic rings. The highest BCUT2D eigenvalue weighted by Crippen LogP contribution is 2.40. The Labute approximate surface area is 174 Å². The minimum Gasteiger partial charge on any atom is -0.457 e. The Kier molecular flexibility index (Phi) is 5.63. The van der Waals surface area contributed by atoms with E-state index in [4.69, 9.17) is 27.6 Å². The summed E-state index contributed by atoms with van der Waals surface area (Å²) in [6.45, 7) is 2.00. The van der Waals surface area contributed by atoms with Crippen LogP contribution < -0.4 is 5.32 Å². The molecule has 0 saturated carbocycles. The molecule has 0 saturated heterocycles. The maximum atomic E-state index is 12.3. The number of nitrogens with one attached hydrogen (secondary N) is 1. The zero-order valence-electron chi connectivity index (χ0n) is 15.7. The lowest BCUT2D eigenvalue weighted by atomic mass is 10.0. The molecule has 0 spiro atoms. The Bertz CT molecular complexity index is 1010. The topological polar surface area (TPSA) is 45.5 Å². The molecule has 4 rings (SSSR count). The number of carbonyl (C=O) groups excluding carboxylic acids is 1. The van der Waals surface area contributed by atoms with Crippen LogP contribution >= 0.6 is 23.2 Å². The van der Waals surface area contributed by atoms with Gasteiger partial charge < -0.3 is 14.6 Å². The number of hydrogen-bond acceptors (Lipinski definition) is 3. The van der Waals surface area contributed by atoms with Crippen LogP contribution in [0.2, 0.25) is 10.0 Å². The summed E-state index contributed by atoms with van der Waals surface area (Å²) < 4.78 is 6.08. The first-order chi connectivity index (χ1) is 13.5. The van der Waals surface area contributed by atoms with Gasteiger partial charge in [0.15, 0.2) is 5.58 Å². The molecule has 1 aliphatic heterocycles. The predicted molar refractivity (Wildman–Crippen MR) is 113 cm³/mol. The number of nitrogens with zero attached hydrogens (tertiary/aromatic N) is 1. The van der Waals surface area contributed by atoms with Crippen molar-refractivity contribution in [3.8, 4) is 0 Å². The van der Waals surface area contributed by atoms with Crippen LogP contribution in [0.15, 0.2) is 40.8 Å². The second-order valence-corrected chi connectivity index (χ2v) is 8.09. The number of likely N-dealkylation sites (N-methyl/N-ethyl adjacent to an activating group) is 1. The Morgan fingerprint density at radius 2 is 1.96 bits per heavy atom. The average molecular weight is 417 g/mol. The quantitative estimate of drug-likeness (QED) is 0.637. The molecular weight excluding hydrogens is 395 g/mol. The Morgan fingerprint density at radius 1 is 1.18 bits per heavy atom. The van der Waals surface area contributed by atoms with E-state index >= 15 is 0 Å². The average Bonchev–Trinajstić information content (AvgIpc) is 2.94. The lowest BCUT2D eigenvalue weighted by molar-refractivity contribution is -0.121. The van der Waals surface area contributed by atoms with Crippen molar-refractivity contribution in [2.75, 3.05) is 13.6 Å². The first-order valence-electron chi connectivity index (χ1n) is 9.43. The first kappa shape index (κ1) is 19.3. The number of aryl methyl sites for hydroxylation is 1. The number of rotatable bonds is 5. The van der Waals surface area contributed by atoms with Crippen molar-refractivity contribution in [3.05, 3.63) is 68.9 Å². The molecule has 0 bridgehead atoms. The summed E-state index contributed by atoms with van der Waals surface area (Å²) in [7, 11) is 2.07. The van der Waals surface area contributed by atoms with Gasteiger partial charge in [-0.05, 0) is 37.1 Å². The molecule has 6 heteroatoms. The normalized spacial score (nSPS) is 14.2. The number of benzene rings is 2. The summed E-state index contributed by atoms with van der Waals surface area (Å²) in [5.74, 6) is 0.755. The lowest BCUT2D eigenvalue weighted by Crippen LogP contribution is -2.24. The number of furan rings is 1. The second-order valence-electron chi connectivity index (χ2n) is 7.28. The molecule has 0 unspecified atom stereocenters. The SMILES string of the molecule is CN1CCc2c(Cl)cc(Cl)c3oc(CNC(=O)CCc4ccccc4)c(c23)C1. The Morgan fingerprint density at radius 3 is 2.75 bits per heavy atom.